The summed E-state index contributed by atoms with van der Waals surface area (Å²) in [4.78, 5) is 28.9. The molecule has 3 rings (SSSR count). The molecule has 7 heteroatoms. The summed E-state index contributed by atoms with van der Waals surface area (Å²) in [5, 5.41) is 11.9. The van der Waals surface area contributed by atoms with Crippen LogP contribution in [0, 0.1) is 5.41 Å². The van der Waals surface area contributed by atoms with Crippen molar-refractivity contribution in [3.63, 3.8) is 0 Å². The van der Waals surface area contributed by atoms with Gasteiger partial charge in [0.05, 0.1) is 0 Å². The van der Waals surface area contributed by atoms with Crippen molar-refractivity contribution in [2.75, 3.05) is 11.9 Å². The summed E-state index contributed by atoms with van der Waals surface area (Å²) in [6.45, 7) is 0.465. The van der Waals surface area contributed by atoms with Crippen molar-refractivity contribution in [3.05, 3.63) is 22.8 Å². The van der Waals surface area contributed by atoms with Crippen LogP contribution in [-0.4, -0.2) is 39.6 Å². The zero-order chi connectivity index (χ0) is 14.3. The van der Waals surface area contributed by atoms with E-state index in [-0.39, 0.29) is 11.3 Å². The van der Waals surface area contributed by atoms with Crippen LogP contribution in [0.15, 0.2) is 22.8 Å². The van der Waals surface area contributed by atoms with Crippen LogP contribution in [0.1, 0.15) is 19.3 Å². The lowest BCUT2D eigenvalue weighted by Gasteiger charge is -2.20. The number of pyridine rings is 1. The minimum Gasteiger partial charge on any atom is -0.465 e. The van der Waals surface area contributed by atoms with E-state index in [1.165, 1.54) is 4.90 Å². The van der Waals surface area contributed by atoms with Gasteiger partial charge in [-0.25, -0.2) is 9.78 Å². The highest BCUT2D eigenvalue weighted by Gasteiger charge is 2.55. The zero-order valence-corrected chi connectivity index (χ0v) is 12.3. The fourth-order valence-electron chi connectivity index (χ4n) is 2.72. The van der Waals surface area contributed by atoms with Crippen molar-refractivity contribution in [1.82, 2.24) is 9.88 Å². The highest BCUT2D eigenvalue weighted by Crippen LogP contribution is 2.54. The molecule has 2 N–H and O–H groups in total. The topological polar surface area (TPSA) is 82.5 Å². The number of carboxylic acid groups (broad SMARTS) is 1. The predicted molar refractivity (Wildman–Crippen MR) is 75.4 cm³/mol. The molecule has 2 fully saturated rings. The Hall–Kier alpha value is -1.63. The third kappa shape index (κ3) is 2.49. The number of carbonyl (C=O) groups excluding carboxylic acids is 1. The van der Waals surface area contributed by atoms with Gasteiger partial charge >= 0.3 is 6.09 Å². The predicted octanol–water partition coefficient (Wildman–Crippen LogP) is 2.32. The van der Waals surface area contributed by atoms with Gasteiger partial charge < -0.3 is 10.4 Å². The van der Waals surface area contributed by atoms with Gasteiger partial charge in [-0.1, -0.05) is 6.07 Å². The Kier molecular flexibility index (Phi) is 3.16. The van der Waals surface area contributed by atoms with E-state index in [4.69, 9.17) is 0 Å². The number of nitrogens with one attached hydrogen (secondary N) is 1. The molecule has 1 spiro atoms. The monoisotopic (exact) mass is 339 g/mol. The Morgan fingerprint density at radius 3 is 2.80 bits per heavy atom. The molecule has 2 heterocycles. The fraction of sp³-hybridized carbons (Fsp3) is 0.462. The van der Waals surface area contributed by atoms with Gasteiger partial charge in [0, 0.05) is 6.54 Å². The van der Waals surface area contributed by atoms with Crippen molar-refractivity contribution in [3.8, 4) is 0 Å². The molecule has 0 bridgehead atoms. The van der Waals surface area contributed by atoms with Crippen molar-refractivity contribution in [1.29, 1.82) is 0 Å². The molecule has 6 nitrogen and oxygen atoms in total. The van der Waals surface area contributed by atoms with Crippen LogP contribution in [-0.2, 0) is 4.79 Å². The lowest BCUT2D eigenvalue weighted by Crippen LogP contribution is -2.42. The molecule has 2 amide bonds. The Labute approximate surface area is 124 Å². The van der Waals surface area contributed by atoms with Gasteiger partial charge in [-0.15, -0.1) is 0 Å². The van der Waals surface area contributed by atoms with Crippen LogP contribution < -0.4 is 5.32 Å². The van der Waals surface area contributed by atoms with Gasteiger partial charge in [-0.2, -0.15) is 0 Å². The van der Waals surface area contributed by atoms with Crippen LogP contribution in [0.2, 0.25) is 0 Å². The number of rotatable bonds is 2. The quantitative estimate of drug-likeness (QED) is 0.810. The molecule has 106 valence electrons. The van der Waals surface area contributed by atoms with Crippen LogP contribution in [0.25, 0.3) is 0 Å². The van der Waals surface area contributed by atoms with Crippen molar-refractivity contribution in [2.24, 2.45) is 5.41 Å². The van der Waals surface area contributed by atoms with E-state index in [0.29, 0.717) is 23.4 Å². The number of nitrogens with zero attached hydrogens (tertiary/aromatic N) is 2. The van der Waals surface area contributed by atoms with Crippen LogP contribution in [0.3, 0.4) is 0 Å². The summed E-state index contributed by atoms with van der Waals surface area (Å²) in [6.07, 6.45) is 1.60. The Morgan fingerprint density at radius 1 is 1.45 bits per heavy atom. The summed E-state index contributed by atoms with van der Waals surface area (Å²) >= 11 is 3.23. The third-order valence-electron chi connectivity index (χ3n) is 3.98. The van der Waals surface area contributed by atoms with Crippen molar-refractivity contribution >= 4 is 33.7 Å². The molecule has 1 aliphatic carbocycles. The van der Waals surface area contributed by atoms with Gasteiger partial charge in [0.25, 0.3) is 0 Å². The number of carbonyl (C=O) groups is 2. The summed E-state index contributed by atoms with van der Waals surface area (Å²) in [5.41, 5.74) is 0.0467. The maximum Gasteiger partial charge on any atom is 0.407 e. The lowest BCUT2D eigenvalue weighted by molar-refractivity contribution is -0.120. The zero-order valence-electron chi connectivity index (χ0n) is 10.7. The maximum absolute atomic E-state index is 12.3. The molecule has 0 radical (unpaired) electrons. The Balaban J connectivity index is 1.74. The first-order valence-corrected chi connectivity index (χ1v) is 7.21. The minimum atomic E-state index is -1.03. The van der Waals surface area contributed by atoms with E-state index in [1.807, 2.05) is 0 Å². The Bertz CT molecular complexity index is 574. The Morgan fingerprint density at radius 2 is 2.20 bits per heavy atom. The largest absolute Gasteiger partial charge is 0.465 e. The van der Waals surface area contributed by atoms with Gasteiger partial charge in [0.1, 0.15) is 16.5 Å². The normalized spacial score (nSPS) is 22.9. The molecular weight excluding hydrogens is 326 g/mol. The van der Waals surface area contributed by atoms with E-state index in [2.05, 4.69) is 26.2 Å². The molecule has 1 aromatic rings. The van der Waals surface area contributed by atoms with E-state index in [9.17, 15) is 14.7 Å². The van der Waals surface area contributed by atoms with Gasteiger partial charge in [-0.3, -0.25) is 9.69 Å². The SMILES string of the molecule is O=C(Nc1cccc(Br)n1)C1CC2(CC2)CN1C(=O)O. The maximum atomic E-state index is 12.3. The first kappa shape index (κ1) is 13.4. The number of aromatic nitrogens is 1. The average molecular weight is 340 g/mol. The molecule has 20 heavy (non-hydrogen) atoms. The fourth-order valence-corrected chi connectivity index (χ4v) is 3.06. The van der Waals surface area contributed by atoms with Gasteiger partial charge in [0.2, 0.25) is 5.91 Å². The third-order valence-corrected chi connectivity index (χ3v) is 4.42. The van der Waals surface area contributed by atoms with Gasteiger partial charge in [0.15, 0.2) is 0 Å². The molecule has 0 aromatic carbocycles. The minimum absolute atomic E-state index is 0.0467. The molecule has 1 aliphatic heterocycles. The summed E-state index contributed by atoms with van der Waals surface area (Å²) in [6, 6.07) is 4.58. The lowest BCUT2D eigenvalue weighted by atomic mass is 10.0. The molecule has 1 atom stereocenters. The first-order chi connectivity index (χ1) is 9.49. The molecule has 1 saturated carbocycles. The van der Waals surface area contributed by atoms with E-state index in [0.717, 1.165) is 12.8 Å². The summed E-state index contributed by atoms with van der Waals surface area (Å²) in [5.74, 6) is 0.119. The standard InChI is InChI=1S/C13H14BrN3O3/c14-9-2-1-3-10(15-9)16-11(18)8-6-13(4-5-13)7-17(8)12(19)20/h1-3,8H,4-7H2,(H,19,20)(H,15,16,18). The van der Waals surface area contributed by atoms with Crippen molar-refractivity contribution < 1.29 is 14.7 Å². The number of anilines is 1. The molecule has 1 unspecified atom stereocenters. The number of likely N-dealkylation sites (tertiary alicyclic amines) is 1. The van der Waals surface area contributed by atoms with Crippen LogP contribution in [0.5, 0.6) is 0 Å². The molecule has 2 aliphatic rings. The highest BCUT2D eigenvalue weighted by atomic mass is 79.9. The highest BCUT2D eigenvalue weighted by molar-refractivity contribution is 9.10. The smallest absolute Gasteiger partial charge is 0.407 e. The van der Waals surface area contributed by atoms with Crippen LogP contribution in [0.4, 0.5) is 10.6 Å². The van der Waals surface area contributed by atoms with E-state index < -0.39 is 12.1 Å². The second-order valence-electron chi connectivity index (χ2n) is 5.47. The molecule has 1 saturated heterocycles. The number of amides is 2. The van der Waals surface area contributed by atoms with Crippen molar-refractivity contribution in [2.45, 2.75) is 25.3 Å². The van der Waals surface area contributed by atoms with E-state index >= 15 is 0 Å². The van der Waals surface area contributed by atoms with Crippen LogP contribution >= 0.6 is 15.9 Å². The first-order valence-electron chi connectivity index (χ1n) is 6.42. The molecular formula is C13H14BrN3O3. The molecule has 1 aromatic heterocycles. The van der Waals surface area contributed by atoms with Gasteiger partial charge in [-0.05, 0) is 52.7 Å². The second kappa shape index (κ2) is 4.73. The summed E-state index contributed by atoms with van der Waals surface area (Å²) in [7, 11) is 0. The number of hydrogen-bond acceptors (Lipinski definition) is 3. The van der Waals surface area contributed by atoms with E-state index in [1.54, 1.807) is 18.2 Å². The summed E-state index contributed by atoms with van der Waals surface area (Å²) < 4.78 is 0.621. The average Bonchev–Trinajstić information content (AvgIpc) is 2.99. The number of hydrogen-bond donors (Lipinski definition) is 2. The second-order valence-corrected chi connectivity index (χ2v) is 6.28. The number of halogens is 1.